The van der Waals surface area contributed by atoms with Gasteiger partial charge < -0.3 is 0 Å². The second kappa shape index (κ2) is 12.6. The van der Waals surface area contributed by atoms with E-state index in [4.69, 9.17) is 11.6 Å². The Kier molecular flexibility index (Phi) is 7.13. The molecule has 3 aliphatic rings. The van der Waals surface area contributed by atoms with E-state index in [1.54, 1.807) is 0 Å². The van der Waals surface area contributed by atoms with E-state index in [0.717, 1.165) is 22.0 Å². The normalized spacial score (nSPS) is 14.6. The van der Waals surface area contributed by atoms with Gasteiger partial charge in [-0.05, 0) is 135 Å². The molecular formula is C57H37N. The summed E-state index contributed by atoms with van der Waals surface area (Å²) in [6.07, 6.45) is 19.5. The van der Waals surface area contributed by atoms with Crippen molar-refractivity contribution in [2.45, 2.75) is 12.8 Å². The Morgan fingerprint density at radius 1 is 0.552 bits per heavy atom. The van der Waals surface area contributed by atoms with Gasteiger partial charge in [0, 0.05) is 23.1 Å². The van der Waals surface area contributed by atoms with Crippen LogP contribution in [0.5, 0.6) is 0 Å². The Bertz CT molecular complexity index is 3410. The Balaban J connectivity index is 1.17. The first-order chi connectivity index (χ1) is 28.7. The third-order valence-corrected chi connectivity index (χ3v) is 12.7. The van der Waals surface area contributed by atoms with Crippen LogP contribution in [0, 0.1) is 0 Å². The summed E-state index contributed by atoms with van der Waals surface area (Å²) in [5.41, 5.74) is 19.7. The quantitative estimate of drug-likeness (QED) is 0.127. The van der Waals surface area contributed by atoms with Crippen LogP contribution in [-0.2, 0) is 0 Å². The lowest BCUT2D eigenvalue weighted by Crippen LogP contribution is -2.01. The largest absolute Gasteiger partial charge is 0.256 e. The summed E-state index contributed by atoms with van der Waals surface area (Å²) in [7, 11) is 0. The fraction of sp³-hybridized carbons (Fsp3) is 0.0351. The first kappa shape index (κ1) is 32.9. The first-order valence-electron chi connectivity index (χ1n) is 20.2. The van der Waals surface area contributed by atoms with E-state index >= 15 is 0 Å². The fourth-order valence-corrected chi connectivity index (χ4v) is 10.5. The van der Waals surface area contributed by atoms with Crippen molar-refractivity contribution in [1.82, 2.24) is 4.98 Å². The zero-order chi connectivity index (χ0) is 38.5. The predicted molar refractivity (Wildman–Crippen MR) is 248 cm³/mol. The molecule has 270 valence electrons. The van der Waals surface area contributed by atoms with Crippen molar-refractivity contribution in [3.63, 3.8) is 0 Å². The Morgan fingerprint density at radius 3 is 2.12 bits per heavy atom. The summed E-state index contributed by atoms with van der Waals surface area (Å²) >= 11 is 0. The lowest BCUT2D eigenvalue weighted by Gasteiger charge is -2.21. The molecule has 1 heterocycles. The molecule has 0 N–H and O–H groups in total. The predicted octanol–water partition coefficient (Wildman–Crippen LogP) is 15.5. The van der Waals surface area contributed by atoms with Crippen LogP contribution in [0.4, 0.5) is 0 Å². The van der Waals surface area contributed by atoms with Gasteiger partial charge in [0.25, 0.3) is 0 Å². The molecule has 0 spiro atoms. The van der Waals surface area contributed by atoms with Crippen molar-refractivity contribution in [3.8, 4) is 55.6 Å². The average Bonchev–Trinajstić information content (AvgIpc) is 3.66. The number of nitrogens with zero attached hydrogens (tertiary/aromatic N) is 1. The molecule has 0 aliphatic heterocycles. The van der Waals surface area contributed by atoms with Crippen LogP contribution < -0.4 is 0 Å². The van der Waals surface area contributed by atoms with E-state index in [2.05, 4.69) is 182 Å². The van der Waals surface area contributed by atoms with Crippen LogP contribution in [0.3, 0.4) is 0 Å². The van der Waals surface area contributed by atoms with Gasteiger partial charge in [0.1, 0.15) is 0 Å². The zero-order valence-corrected chi connectivity index (χ0v) is 32.1. The summed E-state index contributed by atoms with van der Waals surface area (Å²) in [6, 6.07) is 49.6. The summed E-state index contributed by atoms with van der Waals surface area (Å²) in [5.74, 6) is 0.0334. The molecule has 3 aliphatic carbocycles. The fourth-order valence-electron chi connectivity index (χ4n) is 10.5. The maximum absolute atomic E-state index is 5.11. The van der Waals surface area contributed by atoms with E-state index in [-0.39, 0.29) is 5.92 Å². The van der Waals surface area contributed by atoms with Crippen LogP contribution >= 0.6 is 0 Å². The molecule has 1 atom stereocenters. The van der Waals surface area contributed by atoms with E-state index in [1.807, 2.05) is 13.1 Å². The van der Waals surface area contributed by atoms with Gasteiger partial charge in [-0.1, -0.05) is 170 Å². The lowest BCUT2D eigenvalue weighted by atomic mass is 9.82. The van der Waals surface area contributed by atoms with Crippen LogP contribution in [0.1, 0.15) is 35.1 Å². The van der Waals surface area contributed by atoms with Crippen LogP contribution in [-0.4, -0.2) is 4.98 Å². The number of pyridine rings is 1. The molecule has 0 saturated carbocycles. The van der Waals surface area contributed by atoms with Gasteiger partial charge in [0.2, 0.25) is 0 Å². The highest BCUT2D eigenvalue weighted by Gasteiger charge is 2.37. The molecule has 12 rings (SSSR count). The first-order valence-corrected chi connectivity index (χ1v) is 20.2. The third-order valence-electron chi connectivity index (χ3n) is 12.7. The molecule has 1 unspecified atom stereocenters. The minimum absolute atomic E-state index is 0.0334. The second-order valence-electron chi connectivity index (χ2n) is 15.7. The summed E-state index contributed by atoms with van der Waals surface area (Å²) in [4.78, 5) is 5.11. The van der Waals surface area contributed by atoms with Crippen LogP contribution in [0.2, 0.25) is 0 Å². The van der Waals surface area contributed by atoms with E-state index < -0.39 is 0 Å². The maximum atomic E-state index is 5.11. The van der Waals surface area contributed by atoms with Crippen molar-refractivity contribution >= 4 is 54.9 Å². The standard InChI is InChI=1S/C57H37N/c1-3-4-6-17-34(2)51-55-45-30-29-40(41-24-13-14-25-44(54(41)45)56(55)52(35-18-7-5-8-19-35)46-28-16-31-58-57(46)51)47-32-49-43-27-15-26-42-36-20-9-12-23-39(36)50(53(42)43)33-48(49)38-22-11-10-21-37(38)47/h3-33,44H,2H2,1H3/b4-3-,17-6-. The minimum Gasteiger partial charge on any atom is -0.256 e. The van der Waals surface area contributed by atoms with Gasteiger partial charge in [-0.2, -0.15) is 0 Å². The molecule has 0 bridgehead atoms. The third kappa shape index (κ3) is 4.50. The number of fused-ring (bicyclic) bond motifs is 11. The highest BCUT2D eigenvalue weighted by atomic mass is 14.7. The summed E-state index contributed by atoms with van der Waals surface area (Å²) in [6.45, 7) is 6.74. The van der Waals surface area contributed by atoms with Gasteiger partial charge in [-0.15, -0.1) is 0 Å². The van der Waals surface area contributed by atoms with Gasteiger partial charge in [-0.25, -0.2) is 0 Å². The van der Waals surface area contributed by atoms with Gasteiger partial charge in [0.15, 0.2) is 0 Å². The number of benzene rings is 8. The molecule has 58 heavy (non-hydrogen) atoms. The van der Waals surface area contributed by atoms with E-state index in [1.165, 1.54) is 105 Å². The molecule has 1 aromatic heterocycles. The van der Waals surface area contributed by atoms with Gasteiger partial charge in [-0.3, -0.25) is 4.98 Å². The van der Waals surface area contributed by atoms with Crippen molar-refractivity contribution in [2.75, 3.05) is 0 Å². The SMILES string of the molecule is C=C(/C=C\C=C/C)c1c2c(c(-c3ccccc3)c3cccnc13)C1C=CC=Cc3c(-c4cc5c6cccc7c6c(cc5c5ccccc45)-c4ccccc4-7)ccc-2c31. The van der Waals surface area contributed by atoms with Crippen molar-refractivity contribution in [3.05, 3.63) is 211 Å². The van der Waals surface area contributed by atoms with E-state index in [0.29, 0.717) is 0 Å². The Morgan fingerprint density at radius 2 is 1.26 bits per heavy atom. The van der Waals surface area contributed by atoms with E-state index in [9.17, 15) is 0 Å². The lowest BCUT2D eigenvalue weighted by molar-refractivity contribution is 1.07. The van der Waals surface area contributed by atoms with Gasteiger partial charge >= 0.3 is 0 Å². The molecule has 1 heteroatoms. The number of allylic oxidation sites excluding steroid dienone is 8. The number of aromatic nitrogens is 1. The molecule has 0 fully saturated rings. The maximum Gasteiger partial charge on any atom is 0.0792 e. The van der Waals surface area contributed by atoms with Crippen molar-refractivity contribution in [1.29, 1.82) is 0 Å². The molecule has 0 radical (unpaired) electrons. The molecule has 1 nitrogen and oxygen atoms in total. The van der Waals surface area contributed by atoms with Crippen LogP contribution in [0.15, 0.2) is 189 Å². The zero-order valence-electron chi connectivity index (χ0n) is 32.1. The highest BCUT2D eigenvalue weighted by molar-refractivity contribution is 6.29. The highest BCUT2D eigenvalue weighted by Crippen LogP contribution is 2.58. The summed E-state index contributed by atoms with van der Waals surface area (Å²) in [5, 5.41) is 8.95. The average molecular weight is 736 g/mol. The topological polar surface area (TPSA) is 12.9 Å². The molecule has 0 amide bonds. The Labute approximate surface area is 338 Å². The van der Waals surface area contributed by atoms with Gasteiger partial charge in [0.05, 0.1) is 5.52 Å². The smallest absolute Gasteiger partial charge is 0.0792 e. The monoisotopic (exact) mass is 735 g/mol. The Hall–Kier alpha value is -7.35. The minimum atomic E-state index is 0.0334. The number of hydrogen-bond acceptors (Lipinski definition) is 1. The molecule has 9 aromatic rings. The second-order valence-corrected chi connectivity index (χ2v) is 15.7. The molecule has 0 saturated heterocycles. The number of rotatable bonds is 5. The number of hydrogen-bond donors (Lipinski definition) is 0. The van der Waals surface area contributed by atoms with Crippen molar-refractivity contribution < 1.29 is 0 Å². The summed E-state index contributed by atoms with van der Waals surface area (Å²) < 4.78 is 0. The molecular weight excluding hydrogens is 699 g/mol. The van der Waals surface area contributed by atoms with Crippen LogP contribution in [0.25, 0.3) is 111 Å². The molecule has 8 aromatic carbocycles. The van der Waals surface area contributed by atoms with Crippen molar-refractivity contribution in [2.24, 2.45) is 0 Å².